The van der Waals surface area contributed by atoms with Gasteiger partial charge in [0.15, 0.2) is 0 Å². The van der Waals surface area contributed by atoms with E-state index in [1.807, 2.05) is 12.1 Å². The van der Waals surface area contributed by atoms with Crippen LogP contribution in [0.2, 0.25) is 0 Å². The maximum atomic E-state index is 5.37. The first-order valence-corrected chi connectivity index (χ1v) is 11.2. The van der Waals surface area contributed by atoms with Crippen LogP contribution in [0, 0.1) is 0 Å². The van der Waals surface area contributed by atoms with Crippen LogP contribution in [0.1, 0.15) is 25.0 Å². The number of methoxy groups -OCH3 is 1. The van der Waals surface area contributed by atoms with Crippen molar-refractivity contribution in [3.63, 3.8) is 0 Å². The number of ether oxygens (including phenoxy) is 1. The predicted molar refractivity (Wildman–Crippen MR) is 133 cm³/mol. The molecule has 0 N–H and O–H groups in total. The van der Waals surface area contributed by atoms with Gasteiger partial charge in [-0.15, -0.1) is 0 Å². The lowest BCUT2D eigenvalue weighted by atomic mass is 9.82. The lowest BCUT2D eigenvalue weighted by Gasteiger charge is -2.28. The first kappa shape index (κ1) is 19.9. The lowest BCUT2D eigenvalue weighted by molar-refractivity contribution is 0.415. The topological polar surface area (TPSA) is 12.5 Å². The fourth-order valence-electron chi connectivity index (χ4n) is 4.59. The Morgan fingerprint density at radius 1 is 0.677 bits per heavy atom. The van der Waals surface area contributed by atoms with E-state index in [4.69, 9.17) is 4.74 Å². The minimum atomic E-state index is -0.0628. The minimum absolute atomic E-state index is 0.0628. The molecule has 0 saturated heterocycles. The van der Waals surface area contributed by atoms with E-state index >= 15 is 0 Å². The zero-order chi connectivity index (χ0) is 21.6. The third-order valence-corrected chi connectivity index (χ3v) is 6.72. The summed E-state index contributed by atoms with van der Waals surface area (Å²) in [4.78, 5) is 2.30. The number of halogens is 1. The first-order chi connectivity index (χ1) is 15.0. The van der Waals surface area contributed by atoms with Crippen molar-refractivity contribution < 1.29 is 4.74 Å². The third kappa shape index (κ3) is 3.34. The molecule has 1 aliphatic rings. The number of rotatable bonds is 4. The number of fused-ring (bicyclic) bond motifs is 3. The van der Waals surface area contributed by atoms with Gasteiger partial charge < -0.3 is 9.64 Å². The van der Waals surface area contributed by atoms with Crippen LogP contribution in [0.15, 0.2) is 95.5 Å². The van der Waals surface area contributed by atoms with Crippen molar-refractivity contribution in [2.45, 2.75) is 19.3 Å². The van der Waals surface area contributed by atoms with Crippen molar-refractivity contribution in [3.05, 3.63) is 107 Å². The summed E-state index contributed by atoms with van der Waals surface area (Å²) >= 11 is 3.65. The molecule has 0 aromatic heterocycles. The highest BCUT2D eigenvalue weighted by Crippen LogP contribution is 2.51. The Morgan fingerprint density at radius 2 is 1.26 bits per heavy atom. The summed E-state index contributed by atoms with van der Waals surface area (Å²) in [6, 6.07) is 32.2. The molecule has 0 radical (unpaired) electrons. The van der Waals surface area contributed by atoms with Crippen molar-refractivity contribution in [1.82, 2.24) is 0 Å². The fraction of sp³-hybridized carbons (Fsp3) is 0.143. The molecule has 0 spiro atoms. The fourth-order valence-corrected chi connectivity index (χ4v) is 4.95. The Morgan fingerprint density at radius 3 is 1.94 bits per heavy atom. The van der Waals surface area contributed by atoms with Gasteiger partial charge in [-0.2, -0.15) is 0 Å². The van der Waals surface area contributed by atoms with Crippen LogP contribution < -0.4 is 9.64 Å². The molecule has 4 aromatic rings. The van der Waals surface area contributed by atoms with Gasteiger partial charge in [-0.3, -0.25) is 0 Å². The smallest absolute Gasteiger partial charge is 0.119 e. The van der Waals surface area contributed by atoms with Crippen molar-refractivity contribution in [2.75, 3.05) is 12.0 Å². The largest absolute Gasteiger partial charge is 0.497 e. The van der Waals surface area contributed by atoms with Crippen LogP contribution in [-0.4, -0.2) is 7.11 Å². The van der Waals surface area contributed by atoms with Gasteiger partial charge in [-0.05, 0) is 82.9 Å². The Bertz CT molecular complexity index is 1250. The summed E-state index contributed by atoms with van der Waals surface area (Å²) in [5, 5.41) is 0. The molecular formula is C28H24BrNO. The predicted octanol–water partition coefficient (Wildman–Crippen LogP) is 8.23. The summed E-state index contributed by atoms with van der Waals surface area (Å²) in [7, 11) is 1.70. The number of nitrogens with zero attached hydrogens (tertiary/aromatic N) is 1. The second-order valence-corrected chi connectivity index (χ2v) is 9.33. The van der Waals surface area contributed by atoms with Crippen LogP contribution in [0.4, 0.5) is 17.1 Å². The average Bonchev–Trinajstić information content (AvgIpc) is 3.01. The monoisotopic (exact) mass is 469 g/mol. The molecule has 31 heavy (non-hydrogen) atoms. The van der Waals surface area contributed by atoms with Crippen molar-refractivity contribution in [1.29, 1.82) is 0 Å². The van der Waals surface area contributed by atoms with Crippen LogP contribution in [0.25, 0.3) is 11.1 Å². The second-order valence-electron chi connectivity index (χ2n) is 8.41. The molecule has 2 nitrogen and oxygen atoms in total. The zero-order valence-corrected chi connectivity index (χ0v) is 19.5. The van der Waals surface area contributed by atoms with E-state index in [0.29, 0.717) is 0 Å². The molecule has 3 heteroatoms. The van der Waals surface area contributed by atoms with E-state index in [2.05, 4.69) is 114 Å². The summed E-state index contributed by atoms with van der Waals surface area (Å²) in [6.45, 7) is 4.63. The molecular weight excluding hydrogens is 446 g/mol. The highest BCUT2D eigenvalue weighted by molar-refractivity contribution is 9.10. The van der Waals surface area contributed by atoms with Crippen LogP contribution in [-0.2, 0) is 5.41 Å². The van der Waals surface area contributed by atoms with Crippen LogP contribution in [0.5, 0.6) is 5.75 Å². The molecule has 4 aromatic carbocycles. The third-order valence-electron chi connectivity index (χ3n) is 6.22. The van der Waals surface area contributed by atoms with Crippen LogP contribution >= 0.6 is 15.9 Å². The van der Waals surface area contributed by atoms with Crippen LogP contribution in [0.3, 0.4) is 0 Å². The van der Waals surface area contributed by atoms with Crippen molar-refractivity contribution in [3.8, 4) is 16.9 Å². The molecule has 0 amide bonds. The molecule has 0 saturated carbocycles. The van der Waals surface area contributed by atoms with E-state index in [0.717, 1.165) is 27.3 Å². The van der Waals surface area contributed by atoms with E-state index in [9.17, 15) is 0 Å². The van der Waals surface area contributed by atoms with Gasteiger partial charge in [-0.25, -0.2) is 0 Å². The summed E-state index contributed by atoms with van der Waals surface area (Å²) in [6.07, 6.45) is 0. The summed E-state index contributed by atoms with van der Waals surface area (Å²) < 4.78 is 6.49. The number of para-hydroxylation sites is 1. The zero-order valence-electron chi connectivity index (χ0n) is 17.9. The maximum absolute atomic E-state index is 5.37. The second kappa shape index (κ2) is 7.58. The van der Waals surface area contributed by atoms with E-state index < -0.39 is 0 Å². The molecule has 154 valence electrons. The molecule has 0 atom stereocenters. The Kier molecular flexibility index (Phi) is 4.86. The highest BCUT2D eigenvalue weighted by atomic mass is 79.9. The standard InChI is InChI=1S/C28H24BrNO/c1-28(2)26-17-19(29)9-15-24(26)25-16-12-22(18-27(25)28)30(20-7-5-4-6-8-20)21-10-13-23(31-3)14-11-21/h4-18H,1-3H3. The van der Waals surface area contributed by atoms with Gasteiger partial charge in [0.1, 0.15) is 5.75 Å². The highest BCUT2D eigenvalue weighted by Gasteiger charge is 2.36. The van der Waals surface area contributed by atoms with Crippen molar-refractivity contribution in [2.24, 2.45) is 0 Å². The van der Waals surface area contributed by atoms with Gasteiger partial charge in [0.05, 0.1) is 7.11 Å². The van der Waals surface area contributed by atoms with Gasteiger partial charge in [0.25, 0.3) is 0 Å². The van der Waals surface area contributed by atoms with E-state index in [1.54, 1.807) is 7.11 Å². The molecule has 5 rings (SSSR count). The lowest BCUT2D eigenvalue weighted by Crippen LogP contribution is -2.16. The van der Waals surface area contributed by atoms with E-state index in [1.165, 1.54) is 22.3 Å². The van der Waals surface area contributed by atoms with Gasteiger partial charge in [-0.1, -0.05) is 60.1 Å². The number of hydrogen-bond donors (Lipinski definition) is 0. The number of benzene rings is 4. The number of hydrogen-bond acceptors (Lipinski definition) is 2. The first-order valence-electron chi connectivity index (χ1n) is 10.4. The van der Waals surface area contributed by atoms with E-state index in [-0.39, 0.29) is 5.41 Å². The molecule has 0 aliphatic heterocycles. The minimum Gasteiger partial charge on any atom is -0.497 e. The SMILES string of the molecule is COc1ccc(N(c2ccccc2)c2ccc3c(c2)C(C)(C)c2cc(Br)ccc2-3)cc1. The number of anilines is 3. The summed E-state index contributed by atoms with van der Waals surface area (Å²) in [5.41, 5.74) is 8.68. The average molecular weight is 470 g/mol. The van der Waals surface area contributed by atoms with Gasteiger partial charge in [0.2, 0.25) is 0 Å². The van der Waals surface area contributed by atoms with Gasteiger partial charge >= 0.3 is 0 Å². The quantitative estimate of drug-likeness (QED) is 0.298. The normalized spacial score (nSPS) is 13.4. The molecule has 0 bridgehead atoms. The Labute approximate surface area is 192 Å². The molecule has 0 fully saturated rings. The van der Waals surface area contributed by atoms with Gasteiger partial charge in [0, 0.05) is 26.9 Å². The Balaban J connectivity index is 1.67. The molecule has 0 heterocycles. The summed E-state index contributed by atoms with van der Waals surface area (Å²) in [5.74, 6) is 0.855. The van der Waals surface area contributed by atoms with Crippen molar-refractivity contribution >= 4 is 33.0 Å². The Hall–Kier alpha value is -3.04. The maximum Gasteiger partial charge on any atom is 0.119 e. The molecule has 0 unspecified atom stereocenters. The molecule has 1 aliphatic carbocycles.